The molecule has 0 aliphatic heterocycles. The minimum absolute atomic E-state index is 0.316. The first kappa shape index (κ1) is 15.3. The number of carbonyl (C=O) groups is 1. The number of anilines is 1. The summed E-state index contributed by atoms with van der Waals surface area (Å²) in [7, 11) is 0. The molecule has 0 saturated heterocycles. The van der Waals surface area contributed by atoms with Crippen LogP contribution < -0.4 is 10.5 Å². The van der Waals surface area contributed by atoms with Crippen LogP contribution >= 0.6 is 0 Å². The standard InChI is InChI=1S/C14H21NO4/c1-4-17-9-10(3)19-14(16)11-7-6-8-12(15)13(11)18-5-2/h6-8,10H,4-5,9,15H2,1-3H3. The number of carbonyl (C=O) groups excluding carboxylic acids is 1. The number of esters is 1. The third-order valence-electron chi connectivity index (χ3n) is 2.42. The van der Waals surface area contributed by atoms with Gasteiger partial charge in [0.05, 0.1) is 18.9 Å². The fourth-order valence-corrected chi connectivity index (χ4v) is 1.59. The Balaban J connectivity index is 2.78. The van der Waals surface area contributed by atoms with Gasteiger partial charge >= 0.3 is 5.97 Å². The maximum atomic E-state index is 12.1. The average molecular weight is 267 g/mol. The van der Waals surface area contributed by atoms with Crippen LogP contribution in [0.5, 0.6) is 5.75 Å². The molecule has 1 aromatic rings. The zero-order valence-electron chi connectivity index (χ0n) is 11.6. The first-order valence-electron chi connectivity index (χ1n) is 6.40. The van der Waals surface area contributed by atoms with Gasteiger partial charge in [0.15, 0.2) is 5.75 Å². The van der Waals surface area contributed by atoms with Gasteiger partial charge in [0, 0.05) is 6.61 Å². The van der Waals surface area contributed by atoms with Crippen molar-refractivity contribution in [2.24, 2.45) is 0 Å². The predicted molar refractivity (Wildman–Crippen MR) is 73.4 cm³/mol. The van der Waals surface area contributed by atoms with Crippen LogP contribution in [0.25, 0.3) is 0 Å². The van der Waals surface area contributed by atoms with Crippen LogP contribution in [-0.2, 0) is 9.47 Å². The normalized spacial score (nSPS) is 11.9. The fourth-order valence-electron chi connectivity index (χ4n) is 1.59. The molecular weight excluding hydrogens is 246 g/mol. The van der Waals surface area contributed by atoms with Crippen LogP contribution in [0.3, 0.4) is 0 Å². The van der Waals surface area contributed by atoms with Gasteiger partial charge in [-0.05, 0) is 32.9 Å². The van der Waals surface area contributed by atoms with E-state index >= 15 is 0 Å². The van der Waals surface area contributed by atoms with Crippen LogP contribution in [0.2, 0.25) is 0 Å². The van der Waals surface area contributed by atoms with Gasteiger partial charge in [-0.3, -0.25) is 0 Å². The summed E-state index contributed by atoms with van der Waals surface area (Å²) in [6.07, 6.45) is -0.316. The Kier molecular flexibility index (Phi) is 6.15. The smallest absolute Gasteiger partial charge is 0.342 e. The number of hydrogen-bond acceptors (Lipinski definition) is 5. The lowest BCUT2D eigenvalue weighted by Crippen LogP contribution is -2.21. The molecule has 0 radical (unpaired) electrons. The van der Waals surface area contributed by atoms with E-state index < -0.39 is 5.97 Å². The number of ether oxygens (including phenoxy) is 3. The summed E-state index contributed by atoms with van der Waals surface area (Å²) >= 11 is 0. The Hall–Kier alpha value is -1.75. The molecule has 1 unspecified atom stereocenters. The highest BCUT2D eigenvalue weighted by Crippen LogP contribution is 2.27. The van der Waals surface area contributed by atoms with Crippen molar-refractivity contribution in [2.75, 3.05) is 25.6 Å². The van der Waals surface area contributed by atoms with E-state index in [1.165, 1.54) is 0 Å². The fraction of sp³-hybridized carbons (Fsp3) is 0.500. The van der Waals surface area contributed by atoms with Crippen molar-refractivity contribution >= 4 is 11.7 Å². The van der Waals surface area contributed by atoms with Crippen LogP contribution in [-0.4, -0.2) is 31.9 Å². The van der Waals surface area contributed by atoms with Crippen molar-refractivity contribution in [1.82, 2.24) is 0 Å². The predicted octanol–water partition coefficient (Wildman–Crippen LogP) is 2.25. The van der Waals surface area contributed by atoms with Gasteiger partial charge in [0.1, 0.15) is 11.7 Å². The molecule has 0 spiro atoms. The van der Waals surface area contributed by atoms with Gasteiger partial charge in [-0.25, -0.2) is 4.79 Å². The Morgan fingerprint density at radius 3 is 2.68 bits per heavy atom. The lowest BCUT2D eigenvalue weighted by Gasteiger charge is -2.15. The van der Waals surface area contributed by atoms with Crippen molar-refractivity contribution in [1.29, 1.82) is 0 Å². The largest absolute Gasteiger partial charge is 0.491 e. The van der Waals surface area contributed by atoms with E-state index in [0.717, 1.165) is 0 Å². The molecule has 19 heavy (non-hydrogen) atoms. The molecule has 0 aliphatic carbocycles. The molecule has 0 amide bonds. The van der Waals surface area contributed by atoms with E-state index in [1.807, 2.05) is 13.8 Å². The number of rotatable bonds is 7. The summed E-state index contributed by atoms with van der Waals surface area (Å²) in [5.41, 5.74) is 6.56. The zero-order valence-corrected chi connectivity index (χ0v) is 11.6. The summed E-state index contributed by atoms with van der Waals surface area (Å²) in [4.78, 5) is 12.1. The average Bonchev–Trinajstić information content (AvgIpc) is 2.38. The first-order valence-corrected chi connectivity index (χ1v) is 6.40. The van der Waals surface area contributed by atoms with Crippen LogP contribution in [0.4, 0.5) is 5.69 Å². The van der Waals surface area contributed by atoms with E-state index in [4.69, 9.17) is 19.9 Å². The van der Waals surface area contributed by atoms with E-state index in [9.17, 15) is 4.79 Å². The highest BCUT2D eigenvalue weighted by molar-refractivity contribution is 5.94. The minimum Gasteiger partial charge on any atom is -0.491 e. The van der Waals surface area contributed by atoms with Crippen molar-refractivity contribution in [3.8, 4) is 5.75 Å². The van der Waals surface area contributed by atoms with Crippen molar-refractivity contribution in [3.63, 3.8) is 0 Å². The lowest BCUT2D eigenvalue weighted by molar-refractivity contribution is 0.00412. The second-order valence-electron chi connectivity index (χ2n) is 4.03. The topological polar surface area (TPSA) is 70.8 Å². The van der Waals surface area contributed by atoms with E-state index in [-0.39, 0.29) is 6.10 Å². The highest BCUT2D eigenvalue weighted by atomic mass is 16.6. The van der Waals surface area contributed by atoms with Gasteiger partial charge in [-0.2, -0.15) is 0 Å². The summed E-state index contributed by atoms with van der Waals surface area (Å²) < 4.78 is 15.9. The molecule has 0 aromatic heterocycles. The van der Waals surface area contributed by atoms with Gasteiger partial charge in [-0.15, -0.1) is 0 Å². The second-order valence-corrected chi connectivity index (χ2v) is 4.03. The van der Waals surface area contributed by atoms with Crippen LogP contribution in [0, 0.1) is 0 Å². The van der Waals surface area contributed by atoms with E-state index in [2.05, 4.69) is 0 Å². The number of hydrogen-bond donors (Lipinski definition) is 1. The summed E-state index contributed by atoms with van der Waals surface area (Å²) in [6, 6.07) is 5.02. The minimum atomic E-state index is -0.456. The Bertz CT molecular complexity index is 420. The van der Waals surface area contributed by atoms with E-state index in [0.29, 0.717) is 36.8 Å². The van der Waals surface area contributed by atoms with Crippen molar-refractivity contribution in [2.45, 2.75) is 26.9 Å². The third kappa shape index (κ3) is 4.44. The number of para-hydroxylation sites is 1. The molecule has 0 heterocycles. The summed E-state index contributed by atoms with van der Waals surface area (Å²) in [5, 5.41) is 0. The Morgan fingerprint density at radius 1 is 1.32 bits per heavy atom. The van der Waals surface area contributed by atoms with Gasteiger partial charge in [0.25, 0.3) is 0 Å². The number of nitrogen functional groups attached to an aromatic ring is 1. The molecule has 106 valence electrons. The molecule has 1 atom stereocenters. The molecule has 1 aromatic carbocycles. The quantitative estimate of drug-likeness (QED) is 0.606. The lowest BCUT2D eigenvalue weighted by atomic mass is 10.1. The van der Waals surface area contributed by atoms with Gasteiger partial charge in [-0.1, -0.05) is 6.07 Å². The SMILES string of the molecule is CCOCC(C)OC(=O)c1cccc(N)c1OCC. The first-order chi connectivity index (χ1) is 9.10. The molecule has 0 fully saturated rings. The molecular formula is C14H21NO4. The second kappa shape index (κ2) is 7.63. The van der Waals surface area contributed by atoms with E-state index in [1.54, 1.807) is 25.1 Å². The zero-order chi connectivity index (χ0) is 14.3. The number of nitrogens with two attached hydrogens (primary N) is 1. The summed E-state index contributed by atoms with van der Waals surface area (Å²) in [5.74, 6) is -0.0819. The highest BCUT2D eigenvalue weighted by Gasteiger charge is 2.18. The third-order valence-corrected chi connectivity index (χ3v) is 2.42. The molecule has 1 rings (SSSR count). The molecule has 5 nitrogen and oxygen atoms in total. The van der Waals surface area contributed by atoms with Crippen LogP contribution in [0.1, 0.15) is 31.1 Å². The monoisotopic (exact) mass is 267 g/mol. The maximum Gasteiger partial charge on any atom is 0.342 e. The van der Waals surface area contributed by atoms with Crippen molar-refractivity contribution in [3.05, 3.63) is 23.8 Å². The molecule has 5 heteroatoms. The molecule has 2 N–H and O–H groups in total. The Morgan fingerprint density at radius 2 is 2.05 bits per heavy atom. The Labute approximate surface area is 113 Å². The molecule has 0 saturated carbocycles. The maximum absolute atomic E-state index is 12.1. The molecule has 0 bridgehead atoms. The van der Waals surface area contributed by atoms with Crippen LogP contribution in [0.15, 0.2) is 18.2 Å². The number of benzene rings is 1. The molecule has 0 aliphatic rings. The van der Waals surface area contributed by atoms with Crippen molar-refractivity contribution < 1.29 is 19.0 Å². The summed E-state index contributed by atoms with van der Waals surface area (Å²) in [6.45, 7) is 6.89. The van der Waals surface area contributed by atoms with Gasteiger partial charge < -0.3 is 19.9 Å². The van der Waals surface area contributed by atoms with Gasteiger partial charge in [0.2, 0.25) is 0 Å².